The lowest BCUT2D eigenvalue weighted by Crippen LogP contribution is -2.14. The number of amides is 1. The second-order valence-electron chi connectivity index (χ2n) is 7.59. The summed E-state index contributed by atoms with van der Waals surface area (Å²) in [4.78, 5) is 18.4. The van der Waals surface area contributed by atoms with Crippen molar-refractivity contribution < 1.29 is 4.79 Å². The number of hydrogen-bond acceptors (Lipinski definition) is 4. The fourth-order valence-corrected chi connectivity index (χ4v) is 4.20. The number of imidazole rings is 1. The number of aryl methyl sites for hydroxylation is 3. The molecule has 7 heteroatoms. The predicted octanol–water partition coefficient (Wildman–Crippen LogP) is 4.99. The van der Waals surface area contributed by atoms with Crippen molar-refractivity contribution in [3.8, 4) is 0 Å². The fraction of sp³-hybridized carbons (Fsp3) is 0.208. The minimum atomic E-state index is -0.144. The van der Waals surface area contributed by atoms with Crippen molar-refractivity contribution in [3.63, 3.8) is 0 Å². The molecule has 0 radical (unpaired) electrons. The summed E-state index contributed by atoms with van der Waals surface area (Å²) in [7, 11) is 1.97. The van der Waals surface area contributed by atoms with E-state index in [9.17, 15) is 4.79 Å². The summed E-state index contributed by atoms with van der Waals surface area (Å²) in [6.45, 7) is 6.52. The molecule has 6 nitrogen and oxygen atoms in total. The van der Waals surface area contributed by atoms with Crippen LogP contribution < -0.4 is 5.32 Å². The number of benzene rings is 2. The molecule has 0 saturated heterocycles. The highest BCUT2D eigenvalue weighted by molar-refractivity contribution is 7.99. The summed E-state index contributed by atoms with van der Waals surface area (Å²) in [5.74, 6) is -0.144. The van der Waals surface area contributed by atoms with E-state index in [1.807, 2.05) is 60.6 Å². The fourth-order valence-electron chi connectivity index (χ4n) is 3.40. The average molecular weight is 432 g/mol. The van der Waals surface area contributed by atoms with Crippen molar-refractivity contribution in [1.29, 1.82) is 0 Å². The normalized spacial score (nSPS) is 11.0. The highest BCUT2D eigenvalue weighted by atomic mass is 32.2. The highest BCUT2D eigenvalue weighted by Crippen LogP contribution is 2.27. The first-order valence-corrected chi connectivity index (χ1v) is 10.9. The molecule has 2 heterocycles. The van der Waals surface area contributed by atoms with Crippen LogP contribution in [-0.2, 0) is 13.6 Å². The lowest BCUT2D eigenvalue weighted by atomic mass is 10.1. The first-order chi connectivity index (χ1) is 14.9. The third kappa shape index (κ3) is 4.72. The van der Waals surface area contributed by atoms with Gasteiger partial charge >= 0.3 is 0 Å². The van der Waals surface area contributed by atoms with Gasteiger partial charge < -0.3 is 9.88 Å². The van der Waals surface area contributed by atoms with Crippen LogP contribution in [0.5, 0.6) is 0 Å². The van der Waals surface area contributed by atoms with Gasteiger partial charge in [-0.1, -0.05) is 41.6 Å². The Balaban J connectivity index is 1.46. The maximum absolute atomic E-state index is 13.0. The first-order valence-electron chi connectivity index (χ1n) is 10.1. The lowest BCUT2D eigenvalue weighted by molar-refractivity contribution is 0.102. The van der Waals surface area contributed by atoms with Crippen LogP contribution >= 0.6 is 11.8 Å². The second kappa shape index (κ2) is 8.81. The lowest BCUT2D eigenvalue weighted by Gasteiger charge is -2.08. The minimum Gasteiger partial charge on any atom is -0.329 e. The van der Waals surface area contributed by atoms with E-state index in [0.717, 1.165) is 32.7 Å². The molecule has 2 aromatic heterocycles. The van der Waals surface area contributed by atoms with Gasteiger partial charge in [0.2, 0.25) is 0 Å². The minimum absolute atomic E-state index is 0.144. The van der Waals surface area contributed by atoms with E-state index < -0.39 is 0 Å². The summed E-state index contributed by atoms with van der Waals surface area (Å²) >= 11 is 1.58. The Morgan fingerprint density at radius 3 is 2.39 bits per heavy atom. The van der Waals surface area contributed by atoms with Gasteiger partial charge in [0, 0.05) is 35.7 Å². The van der Waals surface area contributed by atoms with Crippen LogP contribution in [0.2, 0.25) is 0 Å². The van der Waals surface area contributed by atoms with Gasteiger partial charge in [-0.05, 0) is 50.6 Å². The van der Waals surface area contributed by atoms with Gasteiger partial charge in [0.15, 0.2) is 5.16 Å². The Morgan fingerprint density at radius 1 is 1.03 bits per heavy atom. The molecule has 0 aliphatic heterocycles. The van der Waals surface area contributed by atoms with E-state index in [1.54, 1.807) is 18.0 Å². The Bertz CT molecular complexity index is 1210. The molecule has 0 aliphatic rings. The molecule has 1 N–H and O–H groups in total. The predicted molar refractivity (Wildman–Crippen MR) is 124 cm³/mol. The summed E-state index contributed by atoms with van der Waals surface area (Å²) in [6, 6.07) is 16.1. The van der Waals surface area contributed by atoms with E-state index in [2.05, 4.69) is 46.6 Å². The molecular weight excluding hydrogens is 406 g/mol. The Labute approximate surface area is 186 Å². The van der Waals surface area contributed by atoms with Gasteiger partial charge in [-0.2, -0.15) is 5.10 Å². The van der Waals surface area contributed by atoms with E-state index in [-0.39, 0.29) is 5.91 Å². The molecule has 0 aliphatic carbocycles. The van der Waals surface area contributed by atoms with Crippen LogP contribution in [0.1, 0.15) is 32.9 Å². The van der Waals surface area contributed by atoms with Crippen molar-refractivity contribution in [1.82, 2.24) is 19.3 Å². The third-order valence-corrected chi connectivity index (χ3v) is 6.24. The van der Waals surface area contributed by atoms with E-state index in [1.165, 1.54) is 5.56 Å². The van der Waals surface area contributed by atoms with Gasteiger partial charge in [-0.3, -0.25) is 9.48 Å². The number of aromatic nitrogens is 4. The van der Waals surface area contributed by atoms with Gasteiger partial charge in [-0.15, -0.1) is 0 Å². The topological polar surface area (TPSA) is 64.7 Å². The molecule has 0 atom stereocenters. The van der Waals surface area contributed by atoms with E-state index in [4.69, 9.17) is 0 Å². The van der Waals surface area contributed by atoms with Crippen LogP contribution in [0.15, 0.2) is 71.0 Å². The maximum Gasteiger partial charge on any atom is 0.259 e. The van der Waals surface area contributed by atoms with Gasteiger partial charge in [-0.25, -0.2) is 4.98 Å². The second-order valence-corrected chi connectivity index (χ2v) is 8.63. The summed E-state index contributed by atoms with van der Waals surface area (Å²) < 4.78 is 3.86. The SMILES string of the molecule is Cc1ccc(Cn2nc(C)c(C(=O)Nc3ccc(Sc4nccn4C)cc3)c2C)cc1. The molecule has 0 bridgehead atoms. The number of carbonyl (C=O) groups is 1. The first kappa shape index (κ1) is 20.9. The zero-order valence-corrected chi connectivity index (χ0v) is 18.9. The zero-order chi connectivity index (χ0) is 22.0. The number of nitrogens with one attached hydrogen (secondary N) is 1. The maximum atomic E-state index is 13.0. The molecule has 0 fully saturated rings. The smallest absolute Gasteiger partial charge is 0.259 e. The highest BCUT2D eigenvalue weighted by Gasteiger charge is 2.19. The van der Waals surface area contributed by atoms with Crippen LogP contribution in [0.4, 0.5) is 5.69 Å². The molecule has 4 rings (SSSR count). The Kier molecular flexibility index (Phi) is 5.95. The van der Waals surface area contributed by atoms with Crippen molar-refractivity contribution in [2.75, 3.05) is 5.32 Å². The summed E-state index contributed by atoms with van der Waals surface area (Å²) in [5, 5.41) is 8.52. The molecule has 0 saturated carbocycles. The van der Waals surface area contributed by atoms with Gasteiger partial charge in [0.1, 0.15) is 0 Å². The third-order valence-electron chi connectivity index (χ3n) is 5.16. The summed E-state index contributed by atoms with van der Waals surface area (Å²) in [5.41, 5.74) is 5.34. The summed E-state index contributed by atoms with van der Waals surface area (Å²) in [6.07, 6.45) is 3.70. The standard InChI is InChI=1S/C24H25N5OS/c1-16-5-7-19(8-6-16)15-29-18(3)22(17(2)27-29)23(30)26-20-9-11-21(12-10-20)31-24-25-13-14-28(24)4/h5-14H,15H2,1-4H3,(H,26,30). The molecule has 0 spiro atoms. The van der Waals surface area contributed by atoms with Crippen molar-refractivity contribution in [2.24, 2.45) is 7.05 Å². The quantitative estimate of drug-likeness (QED) is 0.467. The number of nitrogens with zero attached hydrogens (tertiary/aromatic N) is 4. The Hall–Kier alpha value is -3.32. The number of rotatable bonds is 6. The van der Waals surface area contributed by atoms with Crippen molar-refractivity contribution in [2.45, 2.75) is 37.4 Å². The molecule has 1 amide bonds. The average Bonchev–Trinajstić information content (AvgIpc) is 3.27. The zero-order valence-electron chi connectivity index (χ0n) is 18.1. The number of anilines is 1. The van der Waals surface area contributed by atoms with Crippen LogP contribution in [-0.4, -0.2) is 25.2 Å². The van der Waals surface area contributed by atoms with E-state index >= 15 is 0 Å². The number of hydrogen-bond donors (Lipinski definition) is 1. The van der Waals surface area contributed by atoms with Crippen LogP contribution in [0, 0.1) is 20.8 Å². The molecular formula is C24H25N5OS. The largest absolute Gasteiger partial charge is 0.329 e. The molecule has 4 aromatic rings. The Morgan fingerprint density at radius 2 is 1.74 bits per heavy atom. The van der Waals surface area contributed by atoms with Gasteiger partial charge in [0.25, 0.3) is 5.91 Å². The molecule has 31 heavy (non-hydrogen) atoms. The molecule has 0 unspecified atom stereocenters. The monoisotopic (exact) mass is 431 g/mol. The van der Waals surface area contributed by atoms with Crippen LogP contribution in [0.25, 0.3) is 0 Å². The van der Waals surface area contributed by atoms with E-state index in [0.29, 0.717) is 12.1 Å². The van der Waals surface area contributed by atoms with Crippen molar-refractivity contribution in [3.05, 3.63) is 89.0 Å². The van der Waals surface area contributed by atoms with Crippen LogP contribution in [0.3, 0.4) is 0 Å². The van der Waals surface area contributed by atoms with Gasteiger partial charge in [0.05, 0.1) is 17.8 Å². The van der Waals surface area contributed by atoms with Crippen molar-refractivity contribution >= 4 is 23.4 Å². The molecule has 2 aromatic carbocycles. The molecule has 158 valence electrons. The number of carbonyl (C=O) groups excluding carboxylic acids is 1.